The fourth-order valence-electron chi connectivity index (χ4n) is 3.51. The standard InChI is InChI=1S/C22H28N2O6S/c1-28-19-11-10-16(15-21(19)29-2)7-6-13-23-22(25)20-12-14-24(31(3,26)27)17-8-4-5-9-18(17)30-20/h4-5,8-11,15,20H,6-7,12-14H2,1-3H3,(H,23,25)/t20-/m1/s1. The number of carbonyl (C=O) groups is 1. The van der Waals surface area contributed by atoms with Crippen LogP contribution in [0, 0.1) is 0 Å². The van der Waals surface area contributed by atoms with Crippen molar-refractivity contribution in [1.82, 2.24) is 5.32 Å². The number of hydrogen-bond donors (Lipinski definition) is 1. The van der Waals surface area contributed by atoms with Crippen LogP contribution < -0.4 is 23.8 Å². The van der Waals surface area contributed by atoms with Crippen LogP contribution in [0.25, 0.3) is 0 Å². The Hall–Kier alpha value is -2.94. The van der Waals surface area contributed by atoms with Gasteiger partial charge in [0.2, 0.25) is 10.0 Å². The van der Waals surface area contributed by atoms with E-state index < -0.39 is 16.1 Å². The first-order chi connectivity index (χ1) is 14.8. The lowest BCUT2D eigenvalue weighted by Crippen LogP contribution is -2.40. The Labute approximate surface area is 183 Å². The molecule has 0 radical (unpaired) electrons. The lowest BCUT2D eigenvalue weighted by Gasteiger charge is -2.20. The Balaban J connectivity index is 1.57. The summed E-state index contributed by atoms with van der Waals surface area (Å²) in [6.07, 6.45) is 2.16. The Morgan fingerprint density at radius 2 is 1.90 bits per heavy atom. The summed E-state index contributed by atoms with van der Waals surface area (Å²) in [5, 5.41) is 2.90. The van der Waals surface area contributed by atoms with Gasteiger partial charge in [-0.15, -0.1) is 0 Å². The van der Waals surface area contributed by atoms with E-state index in [9.17, 15) is 13.2 Å². The van der Waals surface area contributed by atoms with Crippen LogP contribution in [-0.4, -0.2) is 54.0 Å². The van der Waals surface area contributed by atoms with Gasteiger partial charge in [0.05, 0.1) is 26.2 Å². The van der Waals surface area contributed by atoms with Gasteiger partial charge in [-0.2, -0.15) is 0 Å². The minimum absolute atomic E-state index is 0.180. The number of nitrogens with zero attached hydrogens (tertiary/aromatic N) is 1. The number of rotatable bonds is 8. The summed E-state index contributed by atoms with van der Waals surface area (Å²) >= 11 is 0. The van der Waals surface area contributed by atoms with Crippen LogP contribution in [0.5, 0.6) is 17.2 Å². The highest BCUT2D eigenvalue weighted by Gasteiger charge is 2.30. The zero-order chi connectivity index (χ0) is 22.4. The van der Waals surface area contributed by atoms with Gasteiger partial charge in [-0.3, -0.25) is 9.10 Å². The molecular formula is C22H28N2O6S. The van der Waals surface area contributed by atoms with E-state index in [1.54, 1.807) is 38.5 Å². The number of methoxy groups -OCH3 is 2. The van der Waals surface area contributed by atoms with E-state index in [-0.39, 0.29) is 18.9 Å². The topological polar surface area (TPSA) is 94.2 Å². The number of amides is 1. The number of aryl methyl sites for hydroxylation is 1. The molecule has 0 saturated heterocycles. The largest absolute Gasteiger partial charge is 0.493 e. The van der Waals surface area contributed by atoms with Crippen LogP contribution in [0.15, 0.2) is 42.5 Å². The number of hydrogen-bond acceptors (Lipinski definition) is 6. The van der Waals surface area contributed by atoms with Gasteiger partial charge in [0, 0.05) is 19.5 Å². The van der Waals surface area contributed by atoms with E-state index in [1.807, 2.05) is 18.2 Å². The lowest BCUT2D eigenvalue weighted by atomic mass is 10.1. The van der Waals surface area contributed by atoms with E-state index >= 15 is 0 Å². The van der Waals surface area contributed by atoms with Crippen molar-refractivity contribution in [2.75, 3.05) is 37.9 Å². The minimum atomic E-state index is -3.47. The molecule has 1 N–H and O–H groups in total. The Kier molecular flexibility index (Phi) is 7.27. The van der Waals surface area contributed by atoms with Crippen LogP contribution in [0.2, 0.25) is 0 Å². The van der Waals surface area contributed by atoms with Gasteiger partial charge in [0.15, 0.2) is 17.6 Å². The van der Waals surface area contributed by atoms with Gasteiger partial charge in [-0.25, -0.2) is 8.42 Å². The van der Waals surface area contributed by atoms with Gasteiger partial charge in [0.25, 0.3) is 5.91 Å². The molecule has 31 heavy (non-hydrogen) atoms. The molecule has 0 spiro atoms. The zero-order valence-electron chi connectivity index (χ0n) is 18.0. The Morgan fingerprint density at radius 1 is 1.16 bits per heavy atom. The van der Waals surface area contributed by atoms with Crippen LogP contribution in [0.1, 0.15) is 18.4 Å². The fraction of sp³-hybridized carbons (Fsp3) is 0.409. The SMILES string of the molecule is COc1ccc(CCCNC(=O)[C@H]2CCN(S(C)(=O)=O)c3ccccc3O2)cc1OC. The molecule has 1 atom stereocenters. The summed E-state index contributed by atoms with van der Waals surface area (Å²) in [7, 11) is -0.283. The molecular weight excluding hydrogens is 420 g/mol. The quantitative estimate of drug-likeness (QED) is 0.623. The second-order valence-electron chi connectivity index (χ2n) is 7.28. The van der Waals surface area contributed by atoms with Crippen LogP contribution in [0.4, 0.5) is 5.69 Å². The third-order valence-corrected chi connectivity index (χ3v) is 6.26. The Morgan fingerprint density at radius 3 is 2.61 bits per heavy atom. The van der Waals surface area contributed by atoms with Crippen LogP contribution in [0.3, 0.4) is 0 Å². The second kappa shape index (κ2) is 9.91. The van der Waals surface area contributed by atoms with Gasteiger partial charge >= 0.3 is 0 Å². The van der Waals surface area contributed by atoms with E-state index in [2.05, 4.69) is 5.32 Å². The van der Waals surface area contributed by atoms with Crippen molar-refractivity contribution in [2.45, 2.75) is 25.4 Å². The summed E-state index contributed by atoms with van der Waals surface area (Å²) in [5.74, 6) is 1.48. The molecule has 9 heteroatoms. The van der Waals surface area contributed by atoms with E-state index in [4.69, 9.17) is 14.2 Å². The van der Waals surface area contributed by atoms with Gasteiger partial charge < -0.3 is 19.5 Å². The smallest absolute Gasteiger partial charge is 0.261 e. The number of fused-ring (bicyclic) bond motifs is 1. The number of ether oxygens (including phenoxy) is 3. The molecule has 1 aliphatic heterocycles. The zero-order valence-corrected chi connectivity index (χ0v) is 18.8. The molecule has 0 saturated carbocycles. The number of nitrogens with one attached hydrogen (secondary N) is 1. The van der Waals surface area contributed by atoms with Gasteiger partial charge in [0.1, 0.15) is 5.75 Å². The monoisotopic (exact) mass is 448 g/mol. The Bertz CT molecular complexity index is 1020. The lowest BCUT2D eigenvalue weighted by molar-refractivity contribution is -0.128. The molecule has 0 fully saturated rings. The first kappa shape index (κ1) is 22.7. The predicted molar refractivity (Wildman–Crippen MR) is 119 cm³/mol. The highest BCUT2D eigenvalue weighted by molar-refractivity contribution is 7.92. The van der Waals surface area contributed by atoms with Gasteiger partial charge in [-0.05, 0) is 42.7 Å². The summed E-state index contributed by atoms with van der Waals surface area (Å²) in [6.45, 7) is 0.657. The molecule has 8 nitrogen and oxygen atoms in total. The first-order valence-electron chi connectivity index (χ1n) is 10.1. The number of carbonyl (C=O) groups excluding carboxylic acids is 1. The maximum Gasteiger partial charge on any atom is 0.261 e. The average molecular weight is 449 g/mol. The molecule has 1 heterocycles. The molecule has 168 valence electrons. The second-order valence-corrected chi connectivity index (χ2v) is 9.19. The van der Waals surface area contributed by atoms with E-state index in [0.717, 1.165) is 24.7 Å². The predicted octanol–water partition coefficient (Wildman–Crippen LogP) is 2.37. The maximum atomic E-state index is 12.7. The number of benzene rings is 2. The van der Waals surface area contributed by atoms with Crippen molar-refractivity contribution >= 4 is 21.6 Å². The molecule has 0 bridgehead atoms. The molecule has 0 unspecified atom stereocenters. The third kappa shape index (κ3) is 5.61. The third-order valence-electron chi connectivity index (χ3n) is 5.08. The molecule has 3 rings (SSSR count). The highest BCUT2D eigenvalue weighted by Crippen LogP contribution is 2.33. The van der Waals surface area contributed by atoms with E-state index in [0.29, 0.717) is 29.5 Å². The summed E-state index contributed by atoms with van der Waals surface area (Å²) in [4.78, 5) is 12.7. The van der Waals surface area contributed by atoms with Crippen molar-refractivity contribution in [3.05, 3.63) is 48.0 Å². The molecule has 1 amide bonds. The summed E-state index contributed by atoms with van der Waals surface area (Å²) < 4.78 is 42.0. The average Bonchev–Trinajstić information content (AvgIpc) is 2.96. The van der Waals surface area contributed by atoms with E-state index in [1.165, 1.54) is 4.31 Å². The van der Waals surface area contributed by atoms with Crippen molar-refractivity contribution in [1.29, 1.82) is 0 Å². The van der Waals surface area contributed by atoms with Gasteiger partial charge in [-0.1, -0.05) is 18.2 Å². The molecule has 2 aromatic rings. The van der Waals surface area contributed by atoms with Crippen molar-refractivity contribution in [2.24, 2.45) is 0 Å². The maximum absolute atomic E-state index is 12.7. The molecule has 0 aromatic heterocycles. The van der Waals surface area contributed by atoms with Crippen LogP contribution >= 0.6 is 0 Å². The summed E-state index contributed by atoms with van der Waals surface area (Å²) in [6, 6.07) is 12.6. The number of para-hydroxylation sites is 2. The minimum Gasteiger partial charge on any atom is -0.493 e. The van der Waals surface area contributed by atoms with Crippen molar-refractivity contribution in [3.8, 4) is 17.2 Å². The normalized spacial score (nSPS) is 16.0. The van der Waals surface area contributed by atoms with Crippen molar-refractivity contribution < 1.29 is 27.4 Å². The molecule has 1 aliphatic rings. The number of anilines is 1. The summed E-state index contributed by atoms with van der Waals surface area (Å²) in [5.41, 5.74) is 1.53. The van der Waals surface area contributed by atoms with Crippen molar-refractivity contribution in [3.63, 3.8) is 0 Å². The van der Waals surface area contributed by atoms with Crippen LogP contribution in [-0.2, 0) is 21.2 Å². The highest BCUT2D eigenvalue weighted by atomic mass is 32.2. The fourth-order valence-corrected chi connectivity index (χ4v) is 4.46. The molecule has 2 aromatic carbocycles. The first-order valence-corrected chi connectivity index (χ1v) is 11.9. The molecule has 0 aliphatic carbocycles. The number of sulfonamides is 1.